The third-order valence-corrected chi connectivity index (χ3v) is 5.64. The predicted molar refractivity (Wildman–Crippen MR) is 112 cm³/mol. The Balaban J connectivity index is 1.45. The zero-order valence-electron chi connectivity index (χ0n) is 14.3. The summed E-state index contributed by atoms with van der Waals surface area (Å²) in [5.41, 5.74) is 2.69. The molecule has 138 valence electrons. The van der Waals surface area contributed by atoms with Crippen molar-refractivity contribution in [3.63, 3.8) is 0 Å². The lowest BCUT2D eigenvalue weighted by molar-refractivity contribution is 0.306. The summed E-state index contributed by atoms with van der Waals surface area (Å²) < 4.78 is 7.54. The smallest absolute Gasteiger partial charge is 0.182 e. The largest absolute Gasteiger partial charge is 0.487 e. The Hall–Kier alpha value is -2.67. The Bertz CT molecular complexity index is 1310. The molecule has 3 aromatic heterocycles. The Morgan fingerprint density at radius 2 is 2.00 bits per heavy atom. The molecule has 0 saturated carbocycles. The Kier molecular flexibility index (Phi) is 4.39. The number of hydrogen-bond donors (Lipinski definition) is 0. The molecule has 0 unspecified atom stereocenters. The third-order valence-electron chi connectivity index (χ3n) is 4.27. The Morgan fingerprint density at radius 1 is 1.07 bits per heavy atom. The minimum Gasteiger partial charge on any atom is -0.487 e. The van der Waals surface area contributed by atoms with Crippen LogP contribution in [0, 0.1) is 0 Å². The highest BCUT2D eigenvalue weighted by Crippen LogP contribution is 2.29. The highest BCUT2D eigenvalue weighted by Gasteiger charge is 2.11. The van der Waals surface area contributed by atoms with Gasteiger partial charge < -0.3 is 4.74 Å². The molecule has 0 saturated heterocycles. The maximum Gasteiger partial charge on any atom is 0.182 e. The fraction of sp³-hybridized carbons (Fsp3) is 0.0500. The Labute approximate surface area is 174 Å². The van der Waals surface area contributed by atoms with Gasteiger partial charge in [-0.25, -0.2) is 14.5 Å². The van der Waals surface area contributed by atoms with Crippen LogP contribution in [-0.4, -0.2) is 19.6 Å². The average Bonchev–Trinajstić information content (AvgIpc) is 3.35. The first-order chi connectivity index (χ1) is 13.7. The molecule has 5 nitrogen and oxygen atoms in total. The zero-order valence-corrected chi connectivity index (χ0v) is 16.7. The minimum absolute atomic E-state index is 0.359. The van der Waals surface area contributed by atoms with Crippen molar-refractivity contribution in [3.8, 4) is 17.1 Å². The molecule has 28 heavy (non-hydrogen) atoms. The van der Waals surface area contributed by atoms with Crippen LogP contribution in [0.2, 0.25) is 10.0 Å². The molecule has 5 aromatic rings. The van der Waals surface area contributed by atoms with Gasteiger partial charge >= 0.3 is 0 Å². The molecule has 5 rings (SSSR count). The van der Waals surface area contributed by atoms with E-state index in [0.29, 0.717) is 28.2 Å². The summed E-state index contributed by atoms with van der Waals surface area (Å²) in [6.07, 6.45) is 1.69. The van der Waals surface area contributed by atoms with E-state index in [-0.39, 0.29) is 0 Å². The first-order valence-corrected chi connectivity index (χ1v) is 10.1. The number of nitrogens with zero attached hydrogens (tertiary/aromatic N) is 4. The summed E-state index contributed by atoms with van der Waals surface area (Å²) in [5, 5.41) is 8.67. The number of halogens is 2. The van der Waals surface area contributed by atoms with Crippen LogP contribution in [0.4, 0.5) is 0 Å². The van der Waals surface area contributed by atoms with E-state index in [0.717, 1.165) is 27.0 Å². The molecule has 0 radical (unpaired) electrons. The van der Waals surface area contributed by atoms with Crippen molar-refractivity contribution >= 4 is 50.4 Å². The van der Waals surface area contributed by atoms with E-state index >= 15 is 0 Å². The normalized spacial score (nSPS) is 11.4. The molecule has 0 fully saturated rings. The second-order valence-corrected chi connectivity index (χ2v) is 7.89. The van der Waals surface area contributed by atoms with E-state index < -0.39 is 0 Å². The molecule has 8 heteroatoms. The first kappa shape index (κ1) is 17.4. The molecule has 0 spiro atoms. The number of aromatic nitrogens is 4. The van der Waals surface area contributed by atoms with Crippen LogP contribution in [0.1, 0.15) is 5.56 Å². The summed E-state index contributed by atoms with van der Waals surface area (Å²) in [5.74, 6) is 1.19. The van der Waals surface area contributed by atoms with Gasteiger partial charge in [0.25, 0.3) is 0 Å². The fourth-order valence-corrected chi connectivity index (χ4v) is 4.00. The van der Waals surface area contributed by atoms with Crippen LogP contribution in [0.3, 0.4) is 0 Å². The highest BCUT2D eigenvalue weighted by molar-refractivity contribution is 7.16. The van der Waals surface area contributed by atoms with Crippen molar-refractivity contribution in [2.45, 2.75) is 6.61 Å². The number of thiophene rings is 1. The zero-order chi connectivity index (χ0) is 19.1. The van der Waals surface area contributed by atoms with Gasteiger partial charge in [0, 0.05) is 16.7 Å². The van der Waals surface area contributed by atoms with Gasteiger partial charge in [0.1, 0.15) is 23.5 Å². The summed E-state index contributed by atoms with van der Waals surface area (Å²) in [6, 6.07) is 15.1. The lowest BCUT2D eigenvalue weighted by Gasteiger charge is -2.09. The van der Waals surface area contributed by atoms with E-state index in [1.54, 1.807) is 40.4 Å². The van der Waals surface area contributed by atoms with Gasteiger partial charge in [-0.15, -0.1) is 16.4 Å². The SMILES string of the molecule is Clc1ccc(Cl)c(OCc2cccc(-c3nc4c5ccsc5ncn4n3)c2)c1. The fourth-order valence-electron chi connectivity index (χ4n) is 2.94. The van der Waals surface area contributed by atoms with Crippen molar-refractivity contribution in [3.05, 3.63) is 75.8 Å². The summed E-state index contributed by atoms with van der Waals surface area (Å²) in [6.45, 7) is 0.359. The van der Waals surface area contributed by atoms with Gasteiger partial charge in [-0.2, -0.15) is 0 Å². The molecule has 0 N–H and O–H groups in total. The maximum atomic E-state index is 6.16. The summed E-state index contributed by atoms with van der Waals surface area (Å²) >= 11 is 13.8. The van der Waals surface area contributed by atoms with Crippen LogP contribution in [0.25, 0.3) is 27.3 Å². The standard InChI is InChI=1S/C20H12Cl2N4OS/c21-14-4-5-16(22)17(9-14)27-10-12-2-1-3-13(8-12)18-24-19-15-6-7-28-20(15)23-11-26(19)25-18/h1-9,11H,10H2. The monoisotopic (exact) mass is 426 g/mol. The van der Waals surface area contributed by atoms with Gasteiger partial charge in [0.05, 0.1) is 10.4 Å². The molecular formula is C20H12Cl2N4OS. The second kappa shape index (κ2) is 7.05. The molecule has 0 aliphatic heterocycles. The predicted octanol–water partition coefficient (Wildman–Crippen LogP) is 5.89. The van der Waals surface area contributed by atoms with Gasteiger partial charge in [0.15, 0.2) is 11.5 Å². The molecule has 0 bridgehead atoms. The number of benzene rings is 2. The van der Waals surface area contributed by atoms with Crippen LogP contribution in [-0.2, 0) is 6.61 Å². The van der Waals surface area contributed by atoms with E-state index in [1.165, 1.54) is 0 Å². The van der Waals surface area contributed by atoms with Crippen LogP contribution in [0.15, 0.2) is 60.2 Å². The number of ether oxygens (including phenoxy) is 1. The van der Waals surface area contributed by atoms with E-state index in [2.05, 4.69) is 10.1 Å². The topological polar surface area (TPSA) is 52.3 Å². The minimum atomic E-state index is 0.359. The van der Waals surface area contributed by atoms with Crippen LogP contribution >= 0.6 is 34.5 Å². The van der Waals surface area contributed by atoms with Crippen molar-refractivity contribution in [2.75, 3.05) is 0 Å². The van der Waals surface area contributed by atoms with Gasteiger partial charge in [0.2, 0.25) is 0 Å². The third kappa shape index (κ3) is 3.20. The van der Waals surface area contributed by atoms with Crippen molar-refractivity contribution in [1.82, 2.24) is 19.6 Å². The summed E-state index contributed by atoms with van der Waals surface area (Å²) in [7, 11) is 0. The van der Waals surface area contributed by atoms with Crippen LogP contribution in [0.5, 0.6) is 5.75 Å². The molecule has 3 heterocycles. The van der Waals surface area contributed by atoms with E-state index in [9.17, 15) is 0 Å². The molecule has 0 aliphatic rings. The van der Waals surface area contributed by atoms with E-state index in [4.69, 9.17) is 32.9 Å². The van der Waals surface area contributed by atoms with Crippen molar-refractivity contribution < 1.29 is 4.74 Å². The van der Waals surface area contributed by atoms with E-state index in [1.807, 2.05) is 35.7 Å². The second-order valence-electron chi connectivity index (χ2n) is 6.15. The molecule has 2 aromatic carbocycles. The van der Waals surface area contributed by atoms with Crippen LogP contribution < -0.4 is 4.74 Å². The maximum absolute atomic E-state index is 6.16. The first-order valence-electron chi connectivity index (χ1n) is 8.43. The molecule has 0 amide bonds. The molecular weight excluding hydrogens is 415 g/mol. The van der Waals surface area contributed by atoms with Crippen molar-refractivity contribution in [2.24, 2.45) is 0 Å². The quantitative estimate of drug-likeness (QED) is 0.359. The van der Waals surface area contributed by atoms with Gasteiger partial charge in [-0.1, -0.05) is 41.4 Å². The highest BCUT2D eigenvalue weighted by atomic mass is 35.5. The summed E-state index contributed by atoms with van der Waals surface area (Å²) in [4.78, 5) is 10.1. The number of rotatable bonds is 4. The number of fused-ring (bicyclic) bond motifs is 3. The number of hydrogen-bond acceptors (Lipinski definition) is 5. The van der Waals surface area contributed by atoms with Gasteiger partial charge in [-0.3, -0.25) is 0 Å². The lowest BCUT2D eigenvalue weighted by atomic mass is 10.1. The lowest BCUT2D eigenvalue weighted by Crippen LogP contribution is -1.96. The Morgan fingerprint density at radius 3 is 2.93 bits per heavy atom. The average molecular weight is 427 g/mol. The van der Waals surface area contributed by atoms with Crippen molar-refractivity contribution in [1.29, 1.82) is 0 Å². The van der Waals surface area contributed by atoms with Gasteiger partial charge in [-0.05, 0) is 35.2 Å². The molecule has 0 aliphatic carbocycles. The molecule has 0 atom stereocenters.